The van der Waals surface area contributed by atoms with Gasteiger partial charge in [-0.05, 0) is 47.7 Å². The van der Waals surface area contributed by atoms with Crippen LogP contribution in [-0.4, -0.2) is 20.2 Å². The van der Waals surface area contributed by atoms with Crippen LogP contribution in [0.5, 0.6) is 0 Å². The third-order valence-corrected chi connectivity index (χ3v) is 3.22. The molecule has 0 unspecified atom stereocenters. The number of nitrogens with two attached hydrogens (primary N) is 1. The number of benzene rings is 1. The first-order chi connectivity index (χ1) is 8.25. The smallest absolute Gasteiger partial charge is 0.184 e. The number of rotatable bonds is 3. The summed E-state index contributed by atoms with van der Waals surface area (Å²) in [6.45, 7) is 2.89. The molecule has 2 N–H and O–H groups in total. The molecule has 0 radical (unpaired) electrons. The lowest BCUT2D eigenvalue weighted by Gasteiger charge is -2.08. The van der Waals surface area contributed by atoms with Gasteiger partial charge in [0, 0.05) is 17.8 Å². The molecule has 0 spiro atoms. The molecule has 5 heteroatoms. The second kappa shape index (κ2) is 3.84. The Balaban J connectivity index is 2.02. The predicted molar refractivity (Wildman–Crippen MR) is 65.1 cm³/mol. The lowest BCUT2D eigenvalue weighted by atomic mass is 10.1. The van der Waals surface area contributed by atoms with E-state index in [1.807, 2.05) is 29.8 Å². The summed E-state index contributed by atoms with van der Waals surface area (Å²) in [6, 6.07) is 5.95. The first-order valence-electron chi connectivity index (χ1n) is 5.87. The average molecular weight is 229 g/mol. The van der Waals surface area contributed by atoms with Crippen molar-refractivity contribution in [2.75, 3.05) is 5.73 Å². The van der Waals surface area contributed by atoms with Gasteiger partial charge in [0.2, 0.25) is 0 Å². The summed E-state index contributed by atoms with van der Waals surface area (Å²) >= 11 is 0. The average Bonchev–Trinajstić information content (AvgIpc) is 3.01. The van der Waals surface area contributed by atoms with Crippen molar-refractivity contribution in [3.63, 3.8) is 0 Å². The normalized spacial score (nSPS) is 15.1. The molecular formula is C12H15N5. The molecule has 1 aromatic heterocycles. The van der Waals surface area contributed by atoms with Crippen molar-refractivity contribution < 1.29 is 0 Å². The van der Waals surface area contributed by atoms with Gasteiger partial charge in [-0.3, -0.25) is 0 Å². The van der Waals surface area contributed by atoms with Crippen LogP contribution in [0, 0.1) is 12.8 Å². The summed E-state index contributed by atoms with van der Waals surface area (Å²) in [7, 11) is 0. The number of para-hydroxylation sites is 1. The van der Waals surface area contributed by atoms with Gasteiger partial charge in [-0.25, -0.2) is 4.68 Å². The van der Waals surface area contributed by atoms with E-state index < -0.39 is 0 Å². The van der Waals surface area contributed by atoms with Crippen molar-refractivity contribution in [1.29, 1.82) is 0 Å². The summed E-state index contributed by atoms with van der Waals surface area (Å²) < 4.78 is 1.86. The second-order valence-corrected chi connectivity index (χ2v) is 4.66. The zero-order valence-electron chi connectivity index (χ0n) is 9.80. The molecule has 1 heterocycles. The third-order valence-electron chi connectivity index (χ3n) is 3.22. The molecule has 5 nitrogen and oxygen atoms in total. The molecule has 2 aromatic rings. The van der Waals surface area contributed by atoms with Crippen molar-refractivity contribution in [2.24, 2.45) is 5.92 Å². The number of anilines is 1. The number of nitrogens with zero attached hydrogens (tertiary/aromatic N) is 4. The summed E-state index contributed by atoms with van der Waals surface area (Å²) in [5, 5.41) is 11.9. The maximum Gasteiger partial charge on any atom is 0.184 e. The van der Waals surface area contributed by atoms with Crippen LogP contribution in [0.15, 0.2) is 18.2 Å². The fourth-order valence-electron chi connectivity index (χ4n) is 1.94. The largest absolute Gasteiger partial charge is 0.398 e. The summed E-state index contributed by atoms with van der Waals surface area (Å²) in [5.74, 6) is 1.52. The molecule has 0 aliphatic heterocycles. The van der Waals surface area contributed by atoms with Gasteiger partial charge in [-0.2, -0.15) is 0 Å². The molecule has 1 aromatic carbocycles. The summed E-state index contributed by atoms with van der Waals surface area (Å²) in [4.78, 5) is 0. The van der Waals surface area contributed by atoms with E-state index >= 15 is 0 Å². The van der Waals surface area contributed by atoms with Crippen LogP contribution in [0.4, 0.5) is 5.69 Å². The third kappa shape index (κ3) is 1.88. The fourth-order valence-corrected chi connectivity index (χ4v) is 1.94. The van der Waals surface area contributed by atoms with Crippen LogP contribution >= 0.6 is 0 Å². The minimum Gasteiger partial charge on any atom is -0.398 e. The number of aromatic nitrogens is 4. The van der Waals surface area contributed by atoms with Crippen LogP contribution in [-0.2, 0) is 6.54 Å². The Hall–Kier alpha value is -1.91. The van der Waals surface area contributed by atoms with Gasteiger partial charge in [0.1, 0.15) is 0 Å². The van der Waals surface area contributed by atoms with Crippen LogP contribution in [0.25, 0.3) is 11.4 Å². The minimum absolute atomic E-state index is 0.739. The van der Waals surface area contributed by atoms with Gasteiger partial charge in [-0.1, -0.05) is 12.1 Å². The Bertz CT molecular complexity index is 542. The van der Waals surface area contributed by atoms with E-state index in [0.717, 1.165) is 35.1 Å². The zero-order valence-corrected chi connectivity index (χ0v) is 9.80. The van der Waals surface area contributed by atoms with E-state index in [2.05, 4.69) is 15.5 Å². The van der Waals surface area contributed by atoms with Gasteiger partial charge < -0.3 is 5.73 Å². The molecule has 0 saturated heterocycles. The van der Waals surface area contributed by atoms with E-state index in [9.17, 15) is 0 Å². The highest BCUT2D eigenvalue weighted by molar-refractivity contribution is 5.73. The van der Waals surface area contributed by atoms with E-state index in [0.29, 0.717) is 0 Å². The molecule has 0 atom stereocenters. The lowest BCUT2D eigenvalue weighted by Crippen LogP contribution is -2.06. The minimum atomic E-state index is 0.739. The van der Waals surface area contributed by atoms with Gasteiger partial charge in [-0.15, -0.1) is 5.10 Å². The second-order valence-electron chi connectivity index (χ2n) is 4.66. The number of hydrogen-bond donors (Lipinski definition) is 1. The highest BCUT2D eigenvalue weighted by atomic mass is 15.5. The van der Waals surface area contributed by atoms with Crippen molar-refractivity contribution in [2.45, 2.75) is 26.3 Å². The van der Waals surface area contributed by atoms with Crippen molar-refractivity contribution in [3.05, 3.63) is 23.8 Å². The van der Waals surface area contributed by atoms with Crippen LogP contribution in [0.2, 0.25) is 0 Å². The molecule has 17 heavy (non-hydrogen) atoms. The maximum atomic E-state index is 6.08. The Kier molecular flexibility index (Phi) is 2.31. The Morgan fingerprint density at radius 1 is 1.41 bits per heavy atom. The molecule has 0 bridgehead atoms. The van der Waals surface area contributed by atoms with Crippen molar-refractivity contribution >= 4 is 5.69 Å². The first kappa shape index (κ1) is 10.3. The fraction of sp³-hybridized carbons (Fsp3) is 0.417. The van der Waals surface area contributed by atoms with Crippen molar-refractivity contribution in [3.8, 4) is 11.4 Å². The molecule has 1 aliphatic rings. The first-order valence-corrected chi connectivity index (χ1v) is 5.87. The topological polar surface area (TPSA) is 69.6 Å². The molecule has 1 fully saturated rings. The SMILES string of the molecule is Cc1cccc(-c2nnnn2CC2CC2)c1N. The number of aryl methyl sites for hydroxylation is 1. The lowest BCUT2D eigenvalue weighted by molar-refractivity contribution is 0.548. The zero-order chi connectivity index (χ0) is 11.8. The quantitative estimate of drug-likeness (QED) is 0.812. The van der Waals surface area contributed by atoms with Gasteiger partial charge in [0.25, 0.3) is 0 Å². The highest BCUT2D eigenvalue weighted by Gasteiger charge is 2.24. The van der Waals surface area contributed by atoms with E-state index in [-0.39, 0.29) is 0 Å². The van der Waals surface area contributed by atoms with E-state index in [1.54, 1.807) is 0 Å². The predicted octanol–water partition coefficient (Wildman–Crippen LogP) is 1.64. The van der Waals surface area contributed by atoms with E-state index in [4.69, 9.17) is 5.73 Å². The Labute approximate surface area is 99.6 Å². The van der Waals surface area contributed by atoms with Gasteiger partial charge in [0.15, 0.2) is 5.82 Å². The maximum absolute atomic E-state index is 6.08. The van der Waals surface area contributed by atoms with Gasteiger partial charge in [0.05, 0.1) is 0 Å². The summed E-state index contributed by atoms with van der Waals surface area (Å²) in [6.07, 6.45) is 2.56. The standard InChI is InChI=1S/C12H15N5/c1-8-3-2-4-10(11(8)13)12-14-15-16-17(12)7-9-5-6-9/h2-4,9H,5-7,13H2,1H3. The molecule has 0 amide bonds. The summed E-state index contributed by atoms with van der Waals surface area (Å²) in [5.41, 5.74) is 8.83. The molecule has 1 aliphatic carbocycles. The number of hydrogen-bond acceptors (Lipinski definition) is 4. The molecule has 1 saturated carbocycles. The molecular weight excluding hydrogens is 214 g/mol. The van der Waals surface area contributed by atoms with Crippen LogP contribution < -0.4 is 5.73 Å². The number of nitrogen functional groups attached to an aromatic ring is 1. The Morgan fingerprint density at radius 2 is 2.24 bits per heavy atom. The highest BCUT2D eigenvalue weighted by Crippen LogP contribution is 2.32. The molecule has 88 valence electrons. The van der Waals surface area contributed by atoms with E-state index in [1.165, 1.54) is 12.8 Å². The molecule has 3 rings (SSSR count). The monoisotopic (exact) mass is 229 g/mol. The van der Waals surface area contributed by atoms with Crippen molar-refractivity contribution in [1.82, 2.24) is 20.2 Å². The number of tetrazole rings is 1. The van der Waals surface area contributed by atoms with Crippen LogP contribution in [0.3, 0.4) is 0 Å². The van der Waals surface area contributed by atoms with Crippen LogP contribution in [0.1, 0.15) is 18.4 Å². The Morgan fingerprint density at radius 3 is 3.00 bits per heavy atom. The van der Waals surface area contributed by atoms with Gasteiger partial charge >= 0.3 is 0 Å².